The second-order valence-electron chi connectivity index (χ2n) is 4.66. The molecule has 2 fully saturated rings. The van der Waals surface area contributed by atoms with Crippen molar-refractivity contribution in [2.75, 3.05) is 13.6 Å². The van der Waals surface area contributed by atoms with E-state index in [4.69, 9.17) is 0 Å². The van der Waals surface area contributed by atoms with Gasteiger partial charge in [-0.2, -0.15) is 0 Å². The van der Waals surface area contributed by atoms with E-state index in [1.807, 2.05) is 11.9 Å². The van der Waals surface area contributed by atoms with Gasteiger partial charge in [-0.05, 0) is 32.6 Å². The van der Waals surface area contributed by atoms with Gasteiger partial charge < -0.3 is 10.2 Å². The molecule has 1 aliphatic carbocycles. The molecule has 0 aromatic rings. The van der Waals surface area contributed by atoms with Crippen molar-refractivity contribution in [3.05, 3.63) is 0 Å². The van der Waals surface area contributed by atoms with E-state index in [2.05, 4.69) is 12.2 Å². The minimum atomic E-state index is 0.0929. The Bertz CT molecular complexity index is 223. The maximum absolute atomic E-state index is 11.6. The van der Waals surface area contributed by atoms with Crippen LogP contribution in [0.2, 0.25) is 0 Å². The molecular formula is C10H18N2O. The highest BCUT2D eigenvalue weighted by Crippen LogP contribution is 2.32. The Morgan fingerprint density at radius 3 is 2.62 bits per heavy atom. The number of nitrogens with zero attached hydrogens (tertiary/aromatic N) is 1. The lowest BCUT2D eigenvalue weighted by molar-refractivity contribution is -0.129. The molecule has 1 heterocycles. The normalized spacial score (nSPS) is 32.0. The highest BCUT2D eigenvalue weighted by atomic mass is 16.2. The Labute approximate surface area is 79.5 Å². The van der Waals surface area contributed by atoms with Gasteiger partial charge in [0.15, 0.2) is 0 Å². The highest BCUT2D eigenvalue weighted by molar-refractivity contribution is 5.83. The zero-order valence-corrected chi connectivity index (χ0v) is 8.47. The first-order chi connectivity index (χ1) is 6.11. The molecule has 0 aromatic carbocycles. The molecule has 13 heavy (non-hydrogen) atoms. The van der Waals surface area contributed by atoms with Crippen molar-refractivity contribution in [1.29, 1.82) is 0 Å². The average molecular weight is 182 g/mol. The van der Waals surface area contributed by atoms with Crippen LogP contribution in [-0.2, 0) is 4.79 Å². The number of carbonyl (C=O) groups is 1. The van der Waals surface area contributed by atoms with Crippen LogP contribution < -0.4 is 5.32 Å². The third-order valence-electron chi connectivity index (χ3n) is 3.41. The van der Waals surface area contributed by atoms with E-state index in [-0.39, 0.29) is 17.5 Å². The number of likely N-dealkylation sites (N-methyl/N-ethyl adjacent to an activating group) is 1. The van der Waals surface area contributed by atoms with E-state index in [1.165, 1.54) is 19.3 Å². The van der Waals surface area contributed by atoms with Crippen molar-refractivity contribution in [3.63, 3.8) is 0 Å². The SMILES string of the molecule is CN1CCC(NC2(C)CCC2)C1=O. The fourth-order valence-electron chi connectivity index (χ4n) is 2.23. The molecule has 3 nitrogen and oxygen atoms in total. The van der Waals surface area contributed by atoms with E-state index in [1.54, 1.807) is 0 Å². The van der Waals surface area contributed by atoms with E-state index in [0.29, 0.717) is 0 Å². The molecule has 1 amide bonds. The molecule has 1 N–H and O–H groups in total. The lowest BCUT2D eigenvalue weighted by Crippen LogP contribution is -2.54. The molecule has 0 bridgehead atoms. The van der Waals surface area contributed by atoms with Crippen molar-refractivity contribution >= 4 is 5.91 Å². The van der Waals surface area contributed by atoms with Gasteiger partial charge in [0.25, 0.3) is 0 Å². The zero-order valence-electron chi connectivity index (χ0n) is 8.47. The molecule has 1 aliphatic heterocycles. The summed E-state index contributed by atoms with van der Waals surface area (Å²) in [5.41, 5.74) is 0.255. The summed E-state index contributed by atoms with van der Waals surface area (Å²) in [7, 11) is 1.88. The summed E-state index contributed by atoms with van der Waals surface area (Å²) in [6, 6.07) is 0.0929. The van der Waals surface area contributed by atoms with Gasteiger partial charge in [0.05, 0.1) is 6.04 Å². The highest BCUT2D eigenvalue weighted by Gasteiger charge is 2.38. The summed E-state index contributed by atoms with van der Waals surface area (Å²) in [4.78, 5) is 13.4. The van der Waals surface area contributed by atoms with Crippen molar-refractivity contribution in [1.82, 2.24) is 10.2 Å². The molecule has 1 unspecified atom stereocenters. The van der Waals surface area contributed by atoms with Crippen LogP contribution in [0.25, 0.3) is 0 Å². The van der Waals surface area contributed by atoms with Crippen LogP contribution in [0, 0.1) is 0 Å². The molecule has 1 saturated heterocycles. The predicted octanol–water partition coefficient (Wildman–Crippen LogP) is 0.749. The summed E-state index contributed by atoms with van der Waals surface area (Å²) in [6.07, 6.45) is 4.73. The van der Waals surface area contributed by atoms with Crippen LogP contribution in [0.15, 0.2) is 0 Å². The number of hydrogen-bond acceptors (Lipinski definition) is 2. The Morgan fingerprint density at radius 2 is 2.23 bits per heavy atom. The summed E-state index contributed by atoms with van der Waals surface area (Å²) < 4.78 is 0. The van der Waals surface area contributed by atoms with Crippen molar-refractivity contribution < 1.29 is 4.79 Å². The minimum Gasteiger partial charge on any atom is -0.344 e. The average Bonchev–Trinajstić information content (AvgIpc) is 2.33. The molecule has 74 valence electrons. The standard InChI is InChI=1S/C10H18N2O/c1-10(5-3-6-10)11-8-4-7-12(2)9(8)13/h8,11H,3-7H2,1-2H3. The Balaban J connectivity index is 1.92. The third-order valence-corrected chi connectivity index (χ3v) is 3.41. The van der Waals surface area contributed by atoms with Gasteiger partial charge in [-0.3, -0.25) is 4.79 Å². The lowest BCUT2D eigenvalue weighted by atomic mass is 9.78. The molecule has 0 radical (unpaired) electrons. The smallest absolute Gasteiger partial charge is 0.239 e. The van der Waals surface area contributed by atoms with Crippen LogP contribution in [0.1, 0.15) is 32.6 Å². The molecule has 1 atom stereocenters. The monoisotopic (exact) mass is 182 g/mol. The fraction of sp³-hybridized carbons (Fsp3) is 0.900. The van der Waals surface area contributed by atoms with Gasteiger partial charge in [-0.25, -0.2) is 0 Å². The first-order valence-electron chi connectivity index (χ1n) is 5.13. The van der Waals surface area contributed by atoms with E-state index in [0.717, 1.165) is 13.0 Å². The summed E-state index contributed by atoms with van der Waals surface area (Å²) in [5, 5.41) is 3.48. The molecule has 3 heteroatoms. The molecular weight excluding hydrogens is 164 g/mol. The molecule has 1 saturated carbocycles. The maximum atomic E-state index is 11.6. The minimum absolute atomic E-state index is 0.0929. The van der Waals surface area contributed by atoms with Crippen LogP contribution in [-0.4, -0.2) is 36.0 Å². The molecule has 2 rings (SSSR count). The van der Waals surface area contributed by atoms with Crippen LogP contribution in [0.5, 0.6) is 0 Å². The fourth-order valence-corrected chi connectivity index (χ4v) is 2.23. The van der Waals surface area contributed by atoms with Gasteiger partial charge in [-0.1, -0.05) is 0 Å². The lowest BCUT2D eigenvalue weighted by Gasteiger charge is -2.41. The first kappa shape index (κ1) is 9.00. The summed E-state index contributed by atoms with van der Waals surface area (Å²) in [5.74, 6) is 0.271. The maximum Gasteiger partial charge on any atom is 0.239 e. The second-order valence-corrected chi connectivity index (χ2v) is 4.66. The molecule has 0 spiro atoms. The van der Waals surface area contributed by atoms with E-state index < -0.39 is 0 Å². The van der Waals surface area contributed by atoms with Crippen molar-refractivity contribution in [3.8, 4) is 0 Å². The molecule has 0 aromatic heterocycles. The summed E-state index contributed by atoms with van der Waals surface area (Å²) in [6.45, 7) is 3.13. The number of rotatable bonds is 2. The second kappa shape index (κ2) is 2.98. The van der Waals surface area contributed by atoms with Gasteiger partial charge in [0.2, 0.25) is 5.91 Å². The van der Waals surface area contributed by atoms with E-state index in [9.17, 15) is 4.79 Å². The van der Waals surface area contributed by atoms with Gasteiger partial charge in [-0.15, -0.1) is 0 Å². The Hall–Kier alpha value is -0.570. The largest absolute Gasteiger partial charge is 0.344 e. The number of hydrogen-bond donors (Lipinski definition) is 1. The molecule has 2 aliphatic rings. The van der Waals surface area contributed by atoms with Crippen LogP contribution in [0.3, 0.4) is 0 Å². The topological polar surface area (TPSA) is 32.3 Å². The van der Waals surface area contributed by atoms with Crippen LogP contribution >= 0.6 is 0 Å². The zero-order chi connectivity index (χ0) is 9.47. The Kier molecular flexibility index (Phi) is 2.06. The number of carbonyl (C=O) groups excluding carboxylic acids is 1. The first-order valence-corrected chi connectivity index (χ1v) is 5.13. The van der Waals surface area contributed by atoms with Crippen molar-refractivity contribution in [2.24, 2.45) is 0 Å². The number of nitrogens with one attached hydrogen (secondary N) is 1. The van der Waals surface area contributed by atoms with Gasteiger partial charge in [0.1, 0.15) is 0 Å². The van der Waals surface area contributed by atoms with Crippen molar-refractivity contribution in [2.45, 2.75) is 44.2 Å². The third kappa shape index (κ3) is 1.57. The number of likely N-dealkylation sites (tertiary alicyclic amines) is 1. The summed E-state index contributed by atoms with van der Waals surface area (Å²) >= 11 is 0. The Morgan fingerprint density at radius 1 is 1.54 bits per heavy atom. The van der Waals surface area contributed by atoms with Gasteiger partial charge in [0, 0.05) is 19.1 Å². The van der Waals surface area contributed by atoms with Crippen LogP contribution in [0.4, 0.5) is 0 Å². The quantitative estimate of drug-likeness (QED) is 0.683. The van der Waals surface area contributed by atoms with E-state index >= 15 is 0 Å². The van der Waals surface area contributed by atoms with Gasteiger partial charge >= 0.3 is 0 Å². The number of amides is 1. The predicted molar refractivity (Wildman–Crippen MR) is 51.4 cm³/mol.